The van der Waals surface area contributed by atoms with Gasteiger partial charge in [0.05, 0.1) is 11.4 Å². The normalized spacial score (nSPS) is 9.31. The zero-order valence-electron chi connectivity index (χ0n) is 8.47. The van der Waals surface area contributed by atoms with Crippen molar-refractivity contribution in [2.24, 2.45) is 9.98 Å². The third kappa shape index (κ3) is 2.89. The van der Waals surface area contributed by atoms with Gasteiger partial charge in [-0.3, -0.25) is 0 Å². The van der Waals surface area contributed by atoms with Gasteiger partial charge < -0.3 is 0 Å². The largest absolute Gasteiger partial charge is 0.188 e. The van der Waals surface area contributed by atoms with Crippen molar-refractivity contribution >= 4 is 33.3 Å². The minimum atomic E-state index is 0.821. The van der Waals surface area contributed by atoms with Crippen molar-refractivity contribution < 1.29 is 0 Å². The van der Waals surface area contributed by atoms with Crippen molar-refractivity contribution in [3.8, 4) is 0 Å². The van der Waals surface area contributed by atoms with E-state index >= 15 is 0 Å². The number of benzene rings is 2. The molecule has 0 aliphatic heterocycles. The molecule has 0 saturated carbocycles. The van der Waals surface area contributed by atoms with Gasteiger partial charge >= 0.3 is 0 Å². The lowest BCUT2D eigenvalue weighted by atomic mass is 10.3. The van der Waals surface area contributed by atoms with Crippen LogP contribution < -0.4 is 0 Å². The van der Waals surface area contributed by atoms with Crippen molar-refractivity contribution in [3.63, 3.8) is 0 Å². The molecule has 2 aromatic carbocycles. The Balaban J connectivity index is 2.22. The molecule has 0 saturated heterocycles. The topological polar surface area (TPSA) is 24.7 Å². The maximum atomic E-state index is 4.14. The second-order valence-corrected chi connectivity index (χ2v) is 3.96. The van der Waals surface area contributed by atoms with Crippen LogP contribution in [0.3, 0.4) is 0 Å². The lowest BCUT2D eigenvalue weighted by Crippen LogP contribution is -1.66. The molecule has 0 unspecified atom stereocenters. The van der Waals surface area contributed by atoms with Gasteiger partial charge in [0.25, 0.3) is 0 Å². The molecular formula is C13H9BrN2. The molecule has 0 aromatic heterocycles. The zero-order chi connectivity index (χ0) is 11.2. The molecule has 0 bridgehead atoms. The van der Waals surface area contributed by atoms with Crippen LogP contribution in [0.1, 0.15) is 0 Å². The van der Waals surface area contributed by atoms with Crippen molar-refractivity contribution in [1.82, 2.24) is 0 Å². The number of nitrogens with zero attached hydrogens (tertiary/aromatic N) is 2. The second kappa shape index (κ2) is 5.40. The molecule has 16 heavy (non-hydrogen) atoms. The summed E-state index contributed by atoms with van der Waals surface area (Å²) in [6.45, 7) is 0. The fourth-order valence-electron chi connectivity index (χ4n) is 1.18. The molecule has 0 aliphatic rings. The van der Waals surface area contributed by atoms with Gasteiger partial charge in [-0.2, -0.15) is 9.98 Å². The molecule has 0 fully saturated rings. The van der Waals surface area contributed by atoms with E-state index in [1.165, 1.54) is 0 Å². The summed E-state index contributed by atoms with van der Waals surface area (Å²) >= 11 is 3.41. The van der Waals surface area contributed by atoms with Crippen molar-refractivity contribution in [2.75, 3.05) is 0 Å². The number of rotatable bonds is 2. The highest BCUT2D eigenvalue weighted by Gasteiger charge is 1.92. The van der Waals surface area contributed by atoms with E-state index in [2.05, 4.69) is 31.9 Å². The number of aliphatic imine (C=N–C) groups is 2. The third-order valence-corrected chi connectivity index (χ3v) is 2.63. The van der Waals surface area contributed by atoms with Crippen LogP contribution in [0.15, 0.2) is 69.1 Å². The lowest BCUT2D eigenvalue weighted by Gasteiger charge is -1.92. The van der Waals surface area contributed by atoms with E-state index in [1.54, 1.807) is 0 Å². The van der Waals surface area contributed by atoms with Gasteiger partial charge in [0, 0.05) is 4.47 Å². The van der Waals surface area contributed by atoms with Crippen LogP contribution in [0.25, 0.3) is 0 Å². The number of halogens is 1. The van der Waals surface area contributed by atoms with Crippen molar-refractivity contribution in [1.29, 1.82) is 0 Å². The standard InChI is InChI=1S/C13H9BrN2/c14-12-8-4-5-9-13(12)16-10-15-11-6-2-1-3-7-11/h1-9H. The Morgan fingerprint density at radius 1 is 0.812 bits per heavy atom. The van der Waals surface area contributed by atoms with E-state index in [-0.39, 0.29) is 0 Å². The SMILES string of the molecule is Brc1ccccc1N=C=Nc1ccccc1. The fourth-order valence-corrected chi connectivity index (χ4v) is 1.55. The summed E-state index contributed by atoms with van der Waals surface area (Å²) in [4.78, 5) is 8.24. The van der Waals surface area contributed by atoms with E-state index in [0.29, 0.717) is 0 Å². The van der Waals surface area contributed by atoms with Gasteiger partial charge in [0.15, 0.2) is 0 Å². The third-order valence-electron chi connectivity index (χ3n) is 1.96. The first-order valence-corrected chi connectivity index (χ1v) is 5.61. The van der Waals surface area contributed by atoms with Crippen LogP contribution in [-0.4, -0.2) is 6.01 Å². The molecule has 0 spiro atoms. The first kappa shape index (κ1) is 10.8. The Morgan fingerprint density at radius 3 is 2.25 bits per heavy atom. The van der Waals surface area contributed by atoms with Crippen molar-refractivity contribution in [2.45, 2.75) is 0 Å². The summed E-state index contributed by atoms with van der Waals surface area (Å²) in [5.74, 6) is 0. The summed E-state index contributed by atoms with van der Waals surface area (Å²) in [7, 11) is 0. The highest BCUT2D eigenvalue weighted by Crippen LogP contribution is 2.23. The number of hydrogen-bond acceptors (Lipinski definition) is 2. The molecular weight excluding hydrogens is 264 g/mol. The monoisotopic (exact) mass is 272 g/mol. The maximum Gasteiger partial charge on any atom is 0.101 e. The Labute approximate surface area is 103 Å². The van der Waals surface area contributed by atoms with Crippen LogP contribution >= 0.6 is 15.9 Å². The van der Waals surface area contributed by atoms with Crippen LogP contribution in [0, 0.1) is 0 Å². The minimum absolute atomic E-state index is 0.821. The molecule has 0 heterocycles. The Bertz CT molecular complexity index is 529. The predicted molar refractivity (Wildman–Crippen MR) is 69.8 cm³/mol. The minimum Gasteiger partial charge on any atom is -0.188 e. The van der Waals surface area contributed by atoms with Crippen molar-refractivity contribution in [3.05, 3.63) is 59.1 Å². The van der Waals surface area contributed by atoms with E-state index in [4.69, 9.17) is 0 Å². The summed E-state index contributed by atoms with van der Waals surface area (Å²) in [6, 6.07) is 20.0. The summed E-state index contributed by atoms with van der Waals surface area (Å²) in [5, 5.41) is 0. The van der Waals surface area contributed by atoms with E-state index in [0.717, 1.165) is 15.8 Å². The smallest absolute Gasteiger partial charge is 0.101 e. The van der Waals surface area contributed by atoms with Gasteiger partial charge in [-0.15, -0.1) is 0 Å². The Morgan fingerprint density at radius 2 is 1.50 bits per heavy atom. The van der Waals surface area contributed by atoms with Crippen LogP contribution in [0.4, 0.5) is 11.4 Å². The van der Waals surface area contributed by atoms with Gasteiger partial charge in [0.2, 0.25) is 0 Å². The highest BCUT2D eigenvalue weighted by molar-refractivity contribution is 9.10. The van der Waals surface area contributed by atoms with E-state index < -0.39 is 0 Å². The summed E-state index contributed by atoms with van der Waals surface area (Å²) in [6.07, 6.45) is 0. The number of hydrogen-bond donors (Lipinski definition) is 0. The average molecular weight is 273 g/mol. The molecule has 0 atom stereocenters. The highest BCUT2D eigenvalue weighted by atomic mass is 79.9. The van der Waals surface area contributed by atoms with Crippen LogP contribution in [-0.2, 0) is 0 Å². The maximum absolute atomic E-state index is 4.14. The quantitative estimate of drug-likeness (QED) is 0.715. The Kier molecular flexibility index (Phi) is 3.65. The average Bonchev–Trinajstić information content (AvgIpc) is 2.33. The van der Waals surface area contributed by atoms with Crippen LogP contribution in [0.5, 0.6) is 0 Å². The molecule has 3 heteroatoms. The summed E-state index contributed by atoms with van der Waals surface area (Å²) in [5.41, 5.74) is 1.67. The lowest BCUT2D eigenvalue weighted by molar-refractivity contribution is 1.47. The van der Waals surface area contributed by atoms with E-state index in [1.807, 2.05) is 54.6 Å². The molecule has 2 aromatic rings. The molecule has 2 rings (SSSR count). The second-order valence-electron chi connectivity index (χ2n) is 3.11. The first-order chi connectivity index (χ1) is 7.86. The van der Waals surface area contributed by atoms with Gasteiger partial charge in [-0.25, -0.2) is 0 Å². The predicted octanol–water partition coefficient (Wildman–Crippen LogP) is 4.59. The Hall–Kier alpha value is -1.70. The molecule has 2 nitrogen and oxygen atoms in total. The number of para-hydroxylation sites is 2. The van der Waals surface area contributed by atoms with Crippen LogP contribution in [0.2, 0.25) is 0 Å². The molecule has 0 N–H and O–H groups in total. The van der Waals surface area contributed by atoms with E-state index in [9.17, 15) is 0 Å². The molecule has 0 amide bonds. The van der Waals surface area contributed by atoms with Gasteiger partial charge in [0.1, 0.15) is 6.01 Å². The molecule has 0 aliphatic carbocycles. The van der Waals surface area contributed by atoms with Gasteiger partial charge in [-0.1, -0.05) is 30.3 Å². The molecule has 0 radical (unpaired) electrons. The molecule has 78 valence electrons. The fraction of sp³-hybridized carbons (Fsp3) is 0. The van der Waals surface area contributed by atoms with Gasteiger partial charge in [-0.05, 0) is 40.2 Å². The first-order valence-electron chi connectivity index (χ1n) is 4.82. The summed E-state index contributed by atoms with van der Waals surface area (Å²) < 4.78 is 0.936. The zero-order valence-corrected chi connectivity index (χ0v) is 10.1.